The second-order valence-corrected chi connectivity index (χ2v) is 5.65. The fraction of sp³-hybridized carbons (Fsp3) is 0.533. The van der Waals surface area contributed by atoms with Crippen LogP contribution < -0.4 is 5.32 Å². The second kappa shape index (κ2) is 5.31. The van der Waals surface area contributed by atoms with Gasteiger partial charge in [-0.05, 0) is 23.6 Å². The summed E-state index contributed by atoms with van der Waals surface area (Å²) in [6, 6.07) is 7.11. The fourth-order valence-corrected chi connectivity index (χ4v) is 3.11. The molecule has 4 nitrogen and oxygen atoms in total. The first kappa shape index (κ1) is 12.6. The van der Waals surface area contributed by atoms with E-state index in [2.05, 4.69) is 52.2 Å². The highest BCUT2D eigenvalue weighted by atomic mass is 15.2. The second-order valence-electron chi connectivity index (χ2n) is 5.65. The van der Waals surface area contributed by atoms with E-state index in [1.165, 1.54) is 5.56 Å². The number of hydrogen-bond donors (Lipinski definition) is 2. The molecule has 2 aromatic rings. The molecule has 3 rings (SSSR count). The minimum Gasteiger partial charge on any atom is -0.345 e. The highest BCUT2D eigenvalue weighted by Crippen LogP contribution is 2.30. The molecule has 1 aromatic carbocycles. The van der Waals surface area contributed by atoms with Crippen molar-refractivity contribution in [1.29, 1.82) is 0 Å². The molecule has 0 bridgehead atoms. The van der Waals surface area contributed by atoms with Gasteiger partial charge in [0.15, 0.2) is 0 Å². The van der Waals surface area contributed by atoms with Crippen molar-refractivity contribution in [3.05, 3.63) is 30.1 Å². The van der Waals surface area contributed by atoms with Gasteiger partial charge in [0.25, 0.3) is 0 Å². The van der Waals surface area contributed by atoms with Gasteiger partial charge in [-0.3, -0.25) is 4.90 Å². The van der Waals surface area contributed by atoms with Crippen LogP contribution in [0.25, 0.3) is 11.0 Å². The number of H-pyrrole nitrogens is 1. The standard InChI is InChI=1S/C15H22N4/c1-11(2)15(19-7-5-16-6-8-19)12-3-4-13-14(9-12)18-10-17-13/h3-4,9-11,15-16H,5-8H2,1-2H3,(H,17,18). The molecule has 0 saturated carbocycles. The predicted octanol–water partition coefficient (Wildman–Crippen LogP) is 2.17. The lowest BCUT2D eigenvalue weighted by atomic mass is 9.93. The average Bonchev–Trinajstić information content (AvgIpc) is 2.87. The van der Waals surface area contributed by atoms with Crippen molar-refractivity contribution in [2.45, 2.75) is 19.9 Å². The highest BCUT2D eigenvalue weighted by Gasteiger charge is 2.25. The number of nitrogens with zero attached hydrogens (tertiary/aromatic N) is 2. The third kappa shape index (κ3) is 2.51. The first-order valence-electron chi connectivity index (χ1n) is 7.13. The van der Waals surface area contributed by atoms with Crippen LogP contribution in [0.2, 0.25) is 0 Å². The summed E-state index contributed by atoms with van der Waals surface area (Å²) in [5.41, 5.74) is 3.58. The third-order valence-electron chi connectivity index (χ3n) is 3.96. The number of piperazine rings is 1. The van der Waals surface area contributed by atoms with Gasteiger partial charge in [-0.15, -0.1) is 0 Å². The van der Waals surface area contributed by atoms with Gasteiger partial charge in [-0.25, -0.2) is 4.98 Å². The van der Waals surface area contributed by atoms with Crippen molar-refractivity contribution in [2.24, 2.45) is 5.92 Å². The molecule has 0 radical (unpaired) electrons. The molecular formula is C15H22N4. The molecule has 1 fully saturated rings. The zero-order valence-electron chi connectivity index (χ0n) is 11.7. The van der Waals surface area contributed by atoms with E-state index in [0.29, 0.717) is 12.0 Å². The molecule has 1 unspecified atom stereocenters. The average molecular weight is 258 g/mol. The highest BCUT2D eigenvalue weighted by molar-refractivity contribution is 5.75. The van der Waals surface area contributed by atoms with Gasteiger partial charge in [-0.1, -0.05) is 19.9 Å². The summed E-state index contributed by atoms with van der Waals surface area (Å²) in [6.45, 7) is 9.06. The summed E-state index contributed by atoms with van der Waals surface area (Å²) in [7, 11) is 0. The largest absolute Gasteiger partial charge is 0.345 e. The molecular weight excluding hydrogens is 236 g/mol. The zero-order valence-corrected chi connectivity index (χ0v) is 11.7. The third-order valence-corrected chi connectivity index (χ3v) is 3.96. The van der Waals surface area contributed by atoms with Crippen molar-refractivity contribution in [2.75, 3.05) is 26.2 Å². The van der Waals surface area contributed by atoms with E-state index in [9.17, 15) is 0 Å². The molecule has 2 N–H and O–H groups in total. The van der Waals surface area contributed by atoms with Crippen LogP contribution in [0.15, 0.2) is 24.5 Å². The van der Waals surface area contributed by atoms with E-state index < -0.39 is 0 Å². The van der Waals surface area contributed by atoms with Crippen LogP contribution in [0.5, 0.6) is 0 Å². The molecule has 1 saturated heterocycles. The summed E-state index contributed by atoms with van der Waals surface area (Å²) >= 11 is 0. The monoisotopic (exact) mass is 258 g/mol. The molecule has 0 amide bonds. The minimum absolute atomic E-state index is 0.495. The maximum absolute atomic E-state index is 4.30. The van der Waals surface area contributed by atoms with E-state index in [0.717, 1.165) is 37.2 Å². The van der Waals surface area contributed by atoms with Crippen LogP contribution >= 0.6 is 0 Å². The summed E-state index contributed by atoms with van der Waals surface area (Å²) < 4.78 is 0. The fourth-order valence-electron chi connectivity index (χ4n) is 3.11. The molecule has 4 heteroatoms. The number of rotatable bonds is 3. The Morgan fingerprint density at radius 2 is 2.00 bits per heavy atom. The number of fused-ring (bicyclic) bond motifs is 1. The summed E-state index contributed by atoms with van der Waals surface area (Å²) in [4.78, 5) is 10.1. The number of imidazole rings is 1. The Morgan fingerprint density at radius 3 is 2.74 bits per heavy atom. The Balaban J connectivity index is 1.93. The van der Waals surface area contributed by atoms with E-state index in [4.69, 9.17) is 0 Å². The van der Waals surface area contributed by atoms with Gasteiger partial charge in [-0.2, -0.15) is 0 Å². The first-order valence-corrected chi connectivity index (χ1v) is 7.13. The molecule has 2 heterocycles. The van der Waals surface area contributed by atoms with Crippen molar-refractivity contribution in [3.63, 3.8) is 0 Å². The van der Waals surface area contributed by atoms with Crippen LogP contribution in [0, 0.1) is 5.92 Å². The van der Waals surface area contributed by atoms with Gasteiger partial charge in [0.1, 0.15) is 0 Å². The molecule has 1 aliphatic heterocycles. The molecule has 0 spiro atoms. The number of aromatic nitrogens is 2. The molecule has 1 aliphatic rings. The quantitative estimate of drug-likeness (QED) is 0.886. The number of benzene rings is 1. The van der Waals surface area contributed by atoms with E-state index in [1.807, 2.05) is 0 Å². The normalized spacial score (nSPS) is 19.1. The summed E-state index contributed by atoms with van der Waals surface area (Å²) in [5.74, 6) is 0.610. The maximum atomic E-state index is 4.30. The number of nitrogens with one attached hydrogen (secondary N) is 2. The van der Waals surface area contributed by atoms with Gasteiger partial charge >= 0.3 is 0 Å². The molecule has 0 aliphatic carbocycles. The molecule has 1 aromatic heterocycles. The zero-order chi connectivity index (χ0) is 13.2. The van der Waals surface area contributed by atoms with E-state index >= 15 is 0 Å². The van der Waals surface area contributed by atoms with Crippen LogP contribution in [-0.2, 0) is 0 Å². The molecule has 1 atom stereocenters. The predicted molar refractivity (Wildman–Crippen MR) is 78.1 cm³/mol. The van der Waals surface area contributed by atoms with E-state index in [-0.39, 0.29) is 0 Å². The Labute approximate surface area is 114 Å². The topological polar surface area (TPSA) is 44.0 Å². The SMILES string of the molecule is CC(C)C(c1ccc2nc[nH]c2c1)N1CCNCC1. The summed E-state index contributed by atoms with van der Waals surface area (Å²) in [5, 5.41) is 3.43. The van der Waals surface area contributed by atoms with Gasteiger partial charge < -0.3 is 10.3 Å². The Morgan fingerprint density at radius 1 is 1.21 bits per heavy atom. The van der Waals surface area contributed by atoms with Crippen molar-refractivity contribution >= 4 is 11.0 Å². The molecule has 19 heavy (non-hydrogen) atoms. The van der Waals surface area contributed by atoms with Crippen LogP contribution in [0.1, 0.15) is 25.5 Å². The minimum atomic E-state index is 0.495. The van der Waals surface area contributed by atoms with Crippen LogP contribution in [-0.4, -0.2) is 41.0 Å². The first-order chi connectivity index (χ1) is 9.25. The van der Waals surface area contributed by atoms with Gasteiger partial charge in [0, 0.05) is 32.2 Å². The van der Waals surface area contributed by atoms with Gasteiger partial charge in [0.05, 0.1) is 17.4 Å². The lowest BCUT2D eigenvalue weighted by Crippen LogP contribution is -2.46. The smallest absolute Gasteiger partial charge is 0.0931 e. The Hall–Kier alpha value is -1.39. The van der Waals surface area contributed by atoms with Crippen molar-refractivity contribution in [1.82, 2.24) is 20.2 Å². The van der Waals surface area contributed by atoms with E-state index in [1.54, 1.807) is 6.33 Å². The van der Waals surface area contributed by atoms with Crippen LogP contribution in [0.4, 0.5) is 0 Å². The molecule has 102 valence electrons. The van der Waals surface area contributed by atoms with Gasteiger partial charge in [0.2, 0.25) is 0 Å². The Bertz CT molecular complexity index is 540. The maximum Gasteiger partial charge on any atom is 0.0931 e. The van der Waals surface area contributed by atoms with Crippen LogP contribution in [0.3, 0.4) is 0 Å². The Kier molecular flexibility index (Phi) is 3.53. The number of hydrogen-bond acceptors (Lipinski definition) is 3. The van der Waals surface area contributed by atoms with Crippen molar-refractivity contribution in [3.8, 4) is 0 Å². The lowest BCUT2D eigenvalue weighted by molar-refractivity contribution is 0.137. The van der Waals surface area contributed by atoms with Crippen molar-refractivity contribution < 1.29 is 0 Å². The number of aromatic amines is 1. The summed E-state index contributed by atoms with van der Waals surface area (Å²) in [6.07, 6.45) is 1.77. The lowest BCUT2D eigenvalue weighted by Gasteiger charge is -2.37.